The first kappa shape index (κ1) is 10.9. The van der Waals surface area contributed by atoms with Gasteiger partial charge in [-0.15, -0.1) is 10.2 Å². The molecule has 0 bridgehead atoms. The Balaban J connectivity index is 1.92. The van der Waals surface area contributed by atoms with Crippen molar-refractivity contribution < 1.29 is 9.90 Å². The van der Waals surface area contributed by atoms with Gasteiger partial charge in [0.1, 0.15) is 5.82 Å². The lowest BCUT2D eigenvalue weighted by Crippen LogP contribution is -2.33. The molecule has 2 N–H and O–H groups in total. The van der Waals surface area contributed by atoms with E-state index in [0.717, 1.165) is 6.54 Å². The molecule has 5 nitrogen and oxygen atoms in total. The minimum atomic E-state index is -1.05. The minimum absolute atomic E-state index is 0.0274. The van der Waals surface area contributed by atoms with Crippen LogP contribution >= 0.6 is 0 Å². The number of rotatable bonds is 4. The third-order valence-corrected chi connectivity index (χ3v) is 3.14. The molecule has 0 atom stereocenters. The molecule has 5 heteroatoms. The molecule has 0 saturated heterocycles. The van der Waals surface area contributed by atoms with Crippen LogP contribution in [0.15, 0.2) is 12.1 Å². The maximum atomic E-state index is 10.6. The van der Waals surface area contributed by atoms with Gasteiger partial charge in [0.15, 0.2) is 5.69 Å². The fourth-order valence-electron chi connectivity index (χ4n) is 1.80. The lowest BCUT2D eigenvalue weighted by atomic mass is 9.70. The van der Waals surface area contributed by atoms with Crippen LogP contribution in [0, 0.1) is 5.41 Å². The average Bonchev–Trinajstić information content (AvgIpc) is 2.24. The van der Waals surface area contributed by atoms with Crippen molar-refractivity contribution in [1.29, 1.82) is 0 Å². The molecule has 0 radical (unpaired) electrons. The van der Waals surface area contributed by atoms with E-state index in [1.165, 1.54) is 25.3 Å². The van der Waals surface area contributed by atoms with E-state index in [1.54, 1.807) is 6.07 Å². The summed E-state index contributed by atoms with van der Waals surface area (Å²) in [5.74, 6) is -0.414. The van der Waals surface area contributed by atoms with Crippen LogP contribution in [0.25, 0.3) is 0 Å². The van der Waals surface area contributed by atoms with Gasteiger partial charge >= 0.3 is 5.97 Å². The fraction of sp³-hybridized carbons (Fsp3) is 0.545. The summed E-state index contributed by atoms with van der Waals surface area (Å²) in [6.45, 7) is 3.11. The molecule has 0 spiro atoms. The predicted octanol–water partition coefficient (Wildman–Crippen LogP) is 1.78. The monoisotopic (exact) mass is 221 g/mol. The largest absolute Gasteiger partial charge is 0.476 e. The zero-order valence-electron chi connectivity index (χ0n) is 9.23. The summed E-state index contributed by atoms with van der Waals surface area (Å²) in [4.78, 5) is 10.6. The number of aromatic carboxylic acids is 1. The molecule has 1 saturated carbocycles. The molecule has 1 heterocycles. The van der Waals surface area contributed by atoms with Gasteiger partial charge in [0, 0.05) is 6.54 Å². The van der Waals surface area contributed by atoms with Gasteiger partial charge in [-0.2, -0.15) is 0 Å². The standard InChI is InChI=1S/C11H15N3O2/c1-11(5-2-6-11)7-12-9-4-3-8(10(15)16)13-14-9/h3-4H,2,5-7H2,1H3,(H,12,14)(H,15,16). The predicted molar refractivity (Wildman–Crippen MR) is 59.4 cm³/mol. The van der Waals surface area contributed by atoms with E-state index in [1.807, 2.05) is 0 Å². The van der Waals surface area contributed by atoms with Gasteiger partial charge in [-0.1, -0.05) is 13.3 Å². The second-order valence-electron chi connectivity index (χ2n) is 4.63. The van der Waals surface area contributed by atoms with E-state index >= 15 is 0 Å². The molecule has 86 valence electrons. The van der Waals surface area contributed by atoms with Crippen LogP contribution in [-0.4, -0.2) is 27.8 Å². The maximum Gasteiger partial charge on any atom is 0.356 e. The Bertz CT molecular complexity index is 385. The van der Waals surface area contributed by atoms with Crippen LogP contribution in [0.1, 0.15) is 36.7 Å². The van der Waals surface area contributed by atoms with E-state index in [9.17, 15) is 4.79 Å². The molecule has 1 aliphatic carbocycles. The lowest BCUT2D eigenvalue weighted by Gasteiger charge is -2.38. The third-order valence-electron chi connectivity index (χ3n) is 3.14. The van der Waals surface area contributed by atoms with Crippen molar-refractivity contribution in [2.45, 2.75) is 26.2 Å². The van der Waals surface area contributed by atoms with E-state index in [-0.39, 0.29) is 5.69 Å². The van der Waals surface area contributed by atoms with Gasteiger partial charge in [-0.05, 0) is 30.4 Å². The number of nitrogens with one attached hydrogen (secondary N) is 1. The zero-order chi connectivity index (χ0) is 11.6. The summed E-state index contributed by atoms with van der Waals surface area (Å²) in [6, 6.07) is 3.11. The fourth-order valence-corrected chi connectivity index (χ4v) is 1.80. The summed E-state index contributed by atoms with van der Waals surface area (Å²) in [7, 11) is 0. The van der Waals surface area contributed by atoms with Crippen molar-refractivity contribution in [2.24, 2.45) is 5.41 Å². The SMILES string of the molecule is CC1(CNc2ccc(C(=O)O)nn2)CCC1. The van der Waals surface area contributed by atoms with E-state index in [2.05, 4.69) is 22.4 Å². The number of nitrogens with zero attached hydrogens (tertiary/aromatic N) is 2. The number of carboxylic acid groups (broad SMARTS) is 1. The number of hydrogen-bond donors (Lipinski definition) is 2. The van der Waals surface area contributed by atoms with E-state index in [0.29, 0.717) is 11.2 Å². The molecule has 1 aliphatic rings. The van der Waals surface area contributed by atoms with Gasteiger partial charge in [0.2, 0.25) is 0 Å². The Morgan fingerprint density at radius 2 is 2.25 bits per heavy atom. The number of carboxylic acids is 1. The first-order valence-corrected chi connectivity index (χ1v) is 5.40. The molecule has 0 unspecified atom stereocenters. The molecule has 1 fully saturated rings. The molecular weight excluding hydrogens is 206 g/mol. The van der Waals surface area contributed by atoms with Crippen LogP contribution in [0.5, 0.6) is 0 Å². The van der Waals surface area contributed by atoms with Gasteiger partial charge in [0.25, 0.3) is 0 Å². The Morgan fingerprint density at radius 1 is 1.50 bits per heavy atom. The highest BCUT2D eigenvalue weighted by Crippen LogP contribution is 2.39. The van der Waals surface area contributed by atoms with Gasteiger partial charge in [-0.25, -0.2) is 4.79 Å². The van der Waals surface area contributed by atoms with Crippen LogP contribution < -0.4 is 5.32 Å². The van der Waals surface area contributed by atoms with E-state index in [4.69, 9.17) is 5.11 Å². The molecule has 1 aromatic heterocycles. The molecule has 2 rings (SSSR count). The minimum Gasteiger partial charge on any atom is -0.476 e. The summed E-state index contributed by atoms with van der Waals surface area (Å²) in [5.41, 5.74) is 0.341. The highest BCUT2D eigenvalue weighted by Gasteiger charge is 2.31. The highest BCUT2D eigenvalue weighted by atomic mass is 16.4. The van der Waals surface area contributed by atoms with Crippen molar-refractivity contribution >= 4 is 11.8 Å². The van der Waals surface area contributed by atoms with E-state index < -0.39 is 5.97 Å². The van der Waals surface area contributed by atoms with Gasteiger partial charge in [0.05, 0.1) is 0 Å². The normalized spacial score (nSPS) is 17.6. The van der Waals surface area contributed by atoms with Crippen LogP contribution in [0.2, 0.25) is 0 Å². The maximum absolute atomic E-state index is 10.6. The Hall–Kier alpha value is -1.65. The van der Waals surface area contributed by atoms with Gasteiger partial charge < -0.3 is 10.4 Å². The summed E-state index contributed by atoms with van der Waals surface area (Å²) < 4.78 is 0. The molecular formula is C11H15N3O2. The average molecular weight is 221 g/mol. The summed E-state index contributed by atoms with van der Waals surface area (Å²) in [6.07, 6.45) is 3.77. The molecule has 16 heavy (non-hydrogen) atoms. The molecule has 0 amide bonds. The van der Waals surface area contributed by atoms with Crippen LogP contribution in [-0.2, 0) is 0 Å². The number of aromatic nitrogens is 2. The van der Waals surface area contributed by atoms with Crippen molar-refractivity contribution in [3.63, 3.8) is 0 Å². The molecule has 0 aliphatic heterocycles. The van der Waals surface area contributed by atoms with Crippen molar-refractivity contribution in [3.8, 4) is 0 Å². The van der Waals surface area contributed by atoms with Crippen molar-refractivity contribution in [3.05, 3.63) is 17.8 Å². The number of carbonyl (C=O) groups is 1. The van der Waals surface area contributed by atoms with Crippen LogP contribution in [0.3, 0.4) is 0 Å². The third kappa shape index (κ3) is 2.29. The lowest BCUT2D eigenvalue weighted by molar-refractivity contribution is 0.0689. The first-order chi connectivity index (χ1) is 7.59. The zero-order valence-corrected chi connectivity index (χ0v) is 9.23. The molecule has 0 aromatic carbocycles. The Labute approximate surface area is 93.9 Å². The number of hydrogen-bond acceptors (Lipinski definition) is 4. The Kier molecular flexibility index (Phi) is 2.77. The second-order valence-corrected chi connectivity index (χ2v) is 4.63. The van der Waals surface area contributed by atoms with Crippen LogP contribution in [0.4, 0.5) is 5.82 Å². The molecule has 1 aromatic rings. The smallest absolute Gasteiger partial charge is 0.356 e. The van der Waals surface area contributed by atoms with Crippen molar-refractivity contribution in [2.75, 3.05) is 11.9 Å². The summed E-state index contributed by atoms with van der Waals surface area (Å²) >= 11 is 0. The number of anilines is 1. The highest BCUT2D eigenvalue weighted by molar-refractivity contribution is 5.85. The van der Waals surface area contributed by atoms with Crippen molar-refractivity contribution in [1.82, 2.24) is 10.2 Å². The Morgan fingerprint density at radius 3 is 2.69 bits per heavy atom. The summed E-state index contributed by atoms with van der Waals surface area (Å²) in [5, 5.41) is 19.3. The topological polar surface area (TPSA) is 75.1 Å². The van der Waals surface area contributed by atoms with Gasteiger partial charge in [-0.3, -0.25) is 0 Å². The quantitative estimate of drug-likeness (QED) is 0.810. The second kappa shape index (κ2) is 4.08. The first-order valence-electron chi connectivity index (χ1n) is 5.40.